The summed E-state index contributed by atoms with van der Waals surface area (Å²) in [6, 6.07) is 6.66. The van der Waals surface area contributed by atoms with Gasteiger partial charge in [-0.15, -0.1) is 0 Å². The number of halogens is 1. The molecule has 1 aromatic carbocycles. The first-order valence-electron chi connectivity index (χ1n) is 4.06. The molecule has 0 aliphatic heterocycles. The van der Waals surface area contributed by atoms with E-state index in [4.69, 9.17) is 17.3 Å². The summed E-state index contributed by atoms with van der Waals surface area (Å²) in [7, 11) is 0. The molecule has 0 fully saturated rings. The number of carbonyl (C=O) groups is 1. The van der Waals surface area contributed by atoms with E-state index in [-0.39, 0.29) is 5.84 Å². The van der Waals surface area contributed by atoms with Gasteiger partial charge in [0.05, 0.1) is 0 Å². The molecular formula is C10H9ClN2O2. The smallest absolute Gasteiger partial charge is 0.358 e. The van der Waals surface area contributed by atoms with E-state index in [0.29, 0.717) is 10.6 Å². The van der Waals surface area contributed by atoms with Crippen LogP contribution in [0.5, 0.6) is 0 Å². The second-order valence-corrected chi connectivity index (χ2v) is 3.03. The molecule has 5 heteroatoms. The molecule has 0 aliphatic rings. The number of carbonyl (C=O) groups excluding carboxylic acids is 1. The van der Waals surface area contributed by atoms with Crippen molar-refractivity contribution in [1.29, 1.82) is 0 Å². The summed E-state index contributed by atoms with van der Waals surface area (Å²) in [6.45, 7) is 3.22. The molecule has 0 saturated carbocycles. The first-order valence-corrected chi connectivity index (χ1v) is 4.44. The maximum Gasteiger partial charge on any atom is 0.358 e. The highest BCUT2D eigenvalue weighted by Crippen LogP contribution is 2.09. The number of hydrogen-bond donors (Lipinski definition) is 1. The van der Waals surface area contributed by atoms with Crippen LogP contribution in [-0.2, 0) is 9.63 Å². The molecule has 0 amide bonds. The fraction of sp³-hybridized carbons (Fsp3) is 0. The Bertz CT molecular complexity index is 398. The fourth-order valence-corrected chi connectivity index (χ4v) is 0.931. The second-order valence-electron chi connectivity index (χ2n) is 2.60. The lowest BCUT2D eigenvalue weighted by molar-refractivity contribution is -0.137. The third-order valence-electron chi connectivity index (χ3n) is 1.54. The van der Waals surface area contributed by atoms with Crippen LogP contribution in [0.15, 0.2) is 42.1 Å². The van der Waals surface area contributed by atoms with Gasteiger partial charge in [0.2, 0.25) is 0 Å². The van der Waals surface area contributed by atoms with Gasteiger partial charge in [0.15, 0.2) is 5.84 Å². The summed E-state index contributed by atoms with van der Waals surface area (Å²) in [5.74, 6) is -0.561. The average Bonchev–Trinajstić information content (AvgIpc) is 2.26. The minimum Gasteiger partial charge on any atom is -0.380 e. The fourth-order valence-electron chi connectivity index (χ4n) is 0.805. The summed E-state index contributed by atoms with van der Waals surface area (Å²) in [4.78, 5) is 15.1. The number of benzene rings is 1. The van der Waals surface area contributed by atoms with Gasteiger partial charge in [-0.2, -0.15) is 0 Å². The molecule has 15 heavy (non-hydrogen) atoms. The molecule has 0 spiro atoms. The van der Waals surface area contributed by atoms with Crippen LogP contribution in [0.1, 0.15) is 5.56 Å². The summed E-state index contributed by atoms with van der Waals surface area (Å²) in [5, 5.41) is 4.02. The van der Waals surface area contributed by atoms with E-state index in [1.54, 1.807) is 24.3 Å². The van der Waals surface area contributed by atoms with Gasteiger partial charge in [0, 0.05) is 16.7 Å². The Morgan fingerprint density at radius 2 is 2.07 bits per heavy atom. The second kappa shape index (κ2) is 5.17. The van der Waals surface area contributed by atoms with Gasteiger partial charge in [-0.3, -0.25) is 0 Å². The summed E-state index contributed by atoms with van der Waals surface area (Å²) in [5.41, 5.74) is 6.17. The van der Waals surface area contributed by atoms with Gasteiger partial charge < -0.3 is 10.6 Å². The zero-order valence-electron chi connectivity index (χ0n) is 7.81. The quantitative estimate of drug-likeness (QED) is 0.279. The molecule has 0 radical (unpaired) electrons. The van der Waals surface area contributed by atoms with Crippen LogP contribution in [-0.4, -0.2) is 11.8 Å². The highest BCUT2D eigenvalue weighted by molar-refractivity contribution is 6.30. The summed E-state index contributed by atoms with van der Waals surface area (Å²) >= 11 is 5.69. The lowest BCUT2D eigenvalue weighted by atomic mass is 10.2. The molecule has 78 valence electrons. The Morgan fingerprint density at radius 3 is 2.60 bits per heavy atom. The van der Waals surface area contributed by atoms with Crippen molar-refractivity contribution in [3.8, 4) is 0 Å². The molecule has 4 nitrogen and oxygen atoms in total. The van der Waals surface area contributed by atoms with E-state index < -0.39 is 5.97 Å². The van der Waals surface area contributed by atoms with E-state index in [1.165, 1.54) is 0 Å². The zero-order valence-corrected chi connectivity index (χ0v) is 8.57. The maximum absolute atomic E-state index is 10.7. The highest BCUT2D eigenvalue weighted by atomic mass is 35.5. The molecule has 2 N–H and O–H groups in total. The molecule has 0 aliphatic carbocycles. The molecule has 0 unspecified atom stereocenters. The SMILES string of the molecule is C=CC(=O)ON=C(N)c1ccc(Cl)cc1. The predicted octanol–water partition coefficient (Wildman–Crippen LogP) is 1.69. The average molecular weight is 225 g/mol. The first-order chi connectivity index (χ1) is 7.13. The van der Waals surface area contributed by atoms with Gasteiger partial charge in [0.1, 0.15) is 0 Å². The molecule has 0 saturated heterocycles. The largest absolute Gasteiger partial charge is 0.380 e. The Hall–Kier alpha value is -1.81. The van der Waals surface area contributed by atoms with Gasteiger partial charge in [-0.1, -0.05) is 23.3 Å². The lowest BCUT2D eigenvalue weighted by Crippen LogP contribution is -2.14. The highest BCUT2D eigenvalue weighted by Gasteiger charge is 2.00. The molecule has 0 aromatic heterocycles. The van der Waals surface area contributed by atoms with Crippen LogP contribution >= 0.6 is 11.6 Å². The van der Waals surface area contributed by atoms with Crippen LogP contribution < -0.4 is 5.73 Å². The van der Waals surface area contributed by atoms with E-state index in [0.717, 1.165) is 6.08 Å². The minimum atomic E-state index is -0.660. The van der Waals surface area contributed by atoms with Crippen LogP contribution in [0.2, 0.25) is 5.02 Å². The zero-order chi connectivity index (χ0) is 11.3. The summed E-state index contributed by atoms with van der Waals surface area (Å²) < 4.78 is 0. The van der Waals surface area contributed by atoms with Crippen molar-refractivity contribution in [2.45, 2.75) is 0 Å². The lowest BCUT2D eigenvalue weighted by Gasteiger charge is -1.99. The van der Waals surface area contributed by atoms with Gasteiger partial charge in [-0.05, 0) is 24.3 Å². The van der Waals surface area contributed by atoms with Crippen LogP contribution in [0.4, 0.5) is 0 Å². The van der Waals surface area contributed by atoms with Crippen molar-refractivity contribution in [3.05, 3.63) is 47.5 Å². The number of rotatable bonds is 3. The molecule has 0 heterocycles. The Balaban J connectivity index is 2.75. The molecule has 1 aromatic rings. The minimum absolute atomic E-state index is 0.0990. The van der Waals surface area contributed by atoms with Gasteiger partial charge >= 0.3 is 5.97 Å². The third-order valence-corrected chi connectivity index (χ3v) is 1.79. The number of nitrogens with two attached hydrogens (primary N) is 1. The van der Waals surface area contributed by atoms with Crippen molar-refractivity contribution in [3.63, 3.8) is 0 Å². The normalized spacial score (nSPS) is 10.9. The number of hydrogen-bond acceptors (Lipinski definition) is 3. The van der Waals surface area contributed by atoms with E-state index in [1.807, 2.05) is 0 Å². The van der Waals surface area contributed by atoms with E-state index >= 15 is 0 Å². The van der Waals surface area contributed by atoms with Gasteiger partial charge in [-0.25, -0.2) is 4.79 Å². The van der Waals surface area contributed by atoms with Crippen molar-refractivity contribution < 1.29 is 9.63 Å². The third kappa shape index (κ3) is 3.44. The van der Waals surface area contributed by atoms with Crippen LogP contribution in [0, 0.1) is 0 Å². The molecule has 0 bridgehead atoms. The van der Waals surface area contributed by atoms with E-state index in [9.17, 15) is 4.79 Å². The first kappa shape index (κ1) is 11.3. The van der Waals surface area contributed by atoms with Crippen molar-refractivity contribution >= 4 is 23.4 Å². The molecule has 0 atom stereocenters. The predicted molar refractivity (Wildman–Crippen MR) is 58.5 cm³/mol. The van der Waals surface area contributed by atoms with Crippen LogP contribution in [0.25, 0.3) is 0 Å². The molecular weight excluding hydrogens is 216 g/mol. The van der Waals surface area contributed by atoms with Crippen molar-refractivity contribution in [1.82, 2.24) is 0 Å². The Labute approximate surface area is 92.0 Å². The van der Waals surface area contributed by atoms with Gasteiger partial charge in [0.25, 0.3) is 0 Å². The standard InChI is InChI=1S/C10H9ClN2O2/c1-2-9(14)15-13-10(12)7-3-5-8(11)6-4-7/h2-6H,1H2,(H2,12,13). The maximum atomic E-state index is 10.7. The number of amidine groups is 1. The monoisotopic (exact) mass is 224 g/mol. The number of oxime groups is 1. The Kier molecular flexibility index (Phi) is 3.88. The van der Waals surface area contributed by atoms with Crippen molar-refractivity contribution in [2.75, 3.05) is 0 Å². The van der Waals surface area contributed by atoms with Crippen LogP contribution in [0.3, 0.4) is 0 Å². The van der Waals surface area contributed by atoms with Crippen molar-refractivity contribution in [2.24, 2.45) is 10.9 Å². The van der Waals surface area contributed by atoms with E-state index in [2.05, 4.69) is 16.6 Å². The molecule has 1 rings (SSSR count). The number of nitrogens with zero attached hydrogens (tertiary/aromatic N) is 1. The topological polar surface area (TPSA) is 64.7 Å². The summed E-state index contributed by atoms with van der Waals surface area (Å²) in [6.07, 6.45) is 0.999. The Morgan fingerprint density at radius 1 is 1.47 bits per heavy atom.